The smallest absolute Gasteiger partial charge is 0.260 e. The Morgan fingerprint density at radius 1 is 1.29 bits per heavy atom. The van der Waals surface area contributed by atoms with E-state index in [9.17, 15) is 9.90 Å². The van der Waals surface area contributed by atoms with Crippen LogP contribution in [-0.4, -0.2) is 41.7 Å². The fraction of sp³-hybridized carbons (Fsp3) is 0.588. The van der Waals surface area contributed by atoms with Gasteiger partial charge in [-0.3, -0.25) is 4.79 Å². The summed E-state index contributed by atoms with van der Waals surface area (Å²) in [6.45, 7) is 2.12. The molecule has 0 heterocycles. The Balaban J connectivity index is 1.85. The molecule has 0 saturated heterocycles. The van der Waals surface area contributed by atoms with Gasteiger partial charge < -0.3 is 14.7 Å². The highest BCUT2D eigenvalue weighted by atomic mass is 16.5. The number of aliphatic hydroxyl groups is 1. The van der Waals surface area contributed by atoms with Gasteiger partial charge in [-0.05, 0) is 37.0 Å². The van der Waals surface area contributed by atoms with Gasteiger partial charge in [0.05, 0.1) is 12.1 Å². The Kier molecular flexibility index (Phi) is 5.62. The van der Waals surface area contributed by atoms with Crippen LogP contribution in [0.3, 0.4) is 0 Å². The summed E-state index contributed by atoms with van der Waals surface area (Å²) in [4.78, 5) is 13.8. The highest BCUT2D eigenvalue weighted by Gasteiger charge is 2.29. The van der Waals surface area contributed by atoms with Gasteiger partial charge in [-0.25, -0.2) is 0 Å². The maximum atomic E-state index is 12.2. The van der Waals surface area contributed by atoms with Gasteiger partial charge in [0.25, 0.3) is 5.91 Å². The second-order valence-corrected chi connectivity index (χ2v) is 5.71. The summed E-state index contributed by atoms with van der Waals surface area (Å²) < 4.78 is 5.54. The maximum Gasteiger partial charge on any atom is 0.260 e. The molecule has 2 rings (SSSR count). The Morgan fingerprint density at radius 3 is 2.57 bits per heavy atom. The molecule has 1 saturated carbocycles. The molecule has 21 heavy (non-hydrogen) atoms. The predicted octanol–water partition coefficient (Wildman–Crippen LogP) is 2.39. The molecular weight excluding hydrogens is 266 g/mol. The lowest BCUT2D eigenvalue weighted by Crippen LogP contribution is -2.47. The van der Waals surface area contributed by atoms with E-state index in [0.717, 1.165) is 32.1 Å². The molecule has 1 aliphatic rings. The number of hydrogen-bond acceptors (Lipinski definition) is 3. The van der Waals surface area contributed by atoms with Crippen molar-refractivity contribution in [2.45, 2.75) is 51.2 Å². The molecule has 0 aromatic heterocycles. The number of rotatable bonds is 5. The van der Waals surface area contributed by atoms with Crippen LogP contribution in [-0.2, 0) is 11.2 Å². The molecular formula is C17H25NO3. The Bertz CT molecular complexity index is 458. The zero-order chi connectivity index (χ0) is 15.2. The number of aliphatic hydroxyl groups excluding tert-OH is 1. The Morgan fingerprint density at radius 2 is 1.95 bits per heavy atom. The SMILES string of the molecule is CCc1ccc(OCC(=O)N(C)C2CCCCC2O)cc1. The third-order valence-corrected chi connectivity index (χ3v) is 4.28. The third-order valence-electron chi connectivity index (χ3n) is 4.28. The summed E-state index contributed by atoms with van der Waals surface area (Å²) in [5.41, 5.74) is 1.25. The van der Waals surface area contributed by atoms with Crippen molar-refractivity contribution in [3.63, 3.8) is 0 Å². The molecule has 0 radical (unpaired) electrons. The lowest BCUT2D eigenvalue weighted by Gasteiger charge is -2.35. The quantitative estimate of drug-likeness (QED) is 0.906. The number of carbonyl (C=O) groups is 1. The van der Waals surface area contributed by atoms with Crippen molar-refractivity contribution in [3.05, 3.63) is 29.8 Å². The average Bonchev–Trinajstić information content (AvgIpc) is 2.53. The van der Waals surface area contributed by atoms with Crippen LogP contribution in [0.15, 0.2) is 24.3 Å². The van der Waals surface area contributed by atoms with Crippen molar-refractivity contribution in [2.75, 3.05) is 13.7 Å². The fourth-order valence-electron chi connectivity index (χ4n) is 2.80. The average molecular weight is 291 g/mol. The first kappa shape index (κ1) is 15.8. The van der Waals surface area contributed by atoms with E-state index in [2.05, 4.69) is 6.92 Å². The molecule has 0 bridgehead atoms. The van der Waals surface area contributed by atoms with Crippen LogP contribution in [0, 0.1) is 0 Å². The van der Waals surface area contributed by atoms with E-state index in [4.69, 9.17) is 4.74 Å². The molecule has 1 N–H and O–H groups in total. The molecule has 116 valence electrons. The van der Waals surface area contributed by atoms with Gasteiger partial charge in [0.1, 0.15) is 5.75 Å². The first-order valence-electron chi connectivity index (χ1n) is 7.77. The second-order valence-electron chi connectivity index (χ2n) is 5.71. The number of hydrogen-bond donors (Lipinski definition) is 1. The number of benzene rings is 1. The predicted molar refractivity (Wildman–Crippen MR) is 82.3 cm³/mol. The summed E-state index contributed by atoms with van der Waals surface area (Å²) in [5.74, 6) is 0.624. The van der Waals surface area contributed by atoms with Crippen molar-refractivity contribution < 1.29 is 14.6 Å². The minimum atomic E-state index is -0.406. The second kappa shape index (κ2) is 7.46. The standard InChI is InChI=1S/C17H25NO3/c1-3-13-8-10-14(11-9-13)21-12-17(20)18(2)15-6-4-5-7-16(15)19/h8-11,15-16,19H,3-7,12H2,1-2H3. The molecule has 1 aromatic rings. The van der Waals surface area contributed by atoms with Gasteiger partial charge in [-0.2, -0.15) is 0 Å². The van der Waals surface area contributed by atoms with Crippen LogP contribution >= 0.6 is 0 Å². The molecule has 0 aliphatic heterocycles. The molecule has 1 aliphatic carbocycles. The van der Waals surface area contributed by atoms with Gasteiger partial charge in [-0.1, -0.05) is 31.9 Å². The highest BCUT2D eigenvalue weighted by molar-refractivity contribution is 5.77. The van der Waals surface area contributed by atoms with E-state index in [1.807, 2.05) is 24.3 Å². The van der Waals surface area contributed by atoms with Gasteiger partial charge >= 0.3 is 0 Å². The topological polar surface area (TPSA) is 49.8 Å². The zero-order valence-electron chi connectivity index (χ0n) is 12.9. The minimum Gasteiger partial charge on any atom is -0.484 e. The fourth-order valence-corrected chi connectivity index (χ4v) is 2.80. The van der Waals surface area contributed by atoms with Crippen molar-refractivity contribution in [3.8, 4) is 5.75 Å². The number of carbonyl (C=O) groups excluding carboxylic acids is 1. The summed E-state index contributed by atoms with van der Waals surface area (Å²) >= 11 is 0. The van der Waals surface area contributed by atoms with E-state index < -0.39 is 6.10 Å². The molecule has 2 atom stereocenters. The van der Waals surface area contributed by atoms with Crippen LogP contribution in [0.25, 0.3) is 0 Å². The van der Waals surface area contributed by atoms with E-state index in [0.29, 0.717) is 5.75 Å². The van der Waals surface area contributed by atoms with Gasteiger partial charge in [0.2, 0.25) is 0 Å². The van der Waals surface area contributed by atoms with Crippen LogP contribution in [0.4, 0.5) is 0 Å². The van der Waals surface area contributed by atoms with E-state index in [1.54, 1.807) is 11.9 Å². The number of aryl methyl sites for hydroxylation is 1. The normalized spacial score (nSPS) is 21.9. The van der Waals surface area contributed by atoms with E-state index in [-0.39, 0.29) is 18.6 Å². The number of nitrogens with zero attached hydrogens (tertiary/aromatic N) is 1. The monoisotopic (exact) mass is 291 g/mol. The third kappa shape index (κ3) is 4.21. The number of ether oxygens (including phenoxy) is 1. The largest absolute Gasteiger partial charge is 0.484 e. The molecule has 0 spiro atoms. The zero-order valence-corrected chi connectivity index (χ0v) is 12.9. The first-order valence-corrected chi connectivity index (χ1v) is 7.77. The molecule has 1 aromatic carbocycles. The molecule has 1 amide bonds. The molecule has 4 heteroatoms. The van der Waals surface area contributed by atoms with Gasteiger partial charge in [-0.15, -0.1) is 0 Å². The first-order chi connectivity index (χ1) is 10.1. The van der Waals surface area contributed by atoms with Gasteiger partial charge in [0, 0.05) is 7.05 Å². The molecule has 1 fully saturated rings. The molecule has 4 nitrogen and oxygen atoms in total. The summed E-state index contributed by atoms with van der Waals surface area (Å²) in [6.07, 6.45) is 4.34. The van der Waals surface area contributed by atoms with Crippen molar-refractivity contribution in [1.29, 1.82) is 0 Å². The number of likely N-dealkylation sites (N-methyl/N-ethyl adjacent to an activating group) is 1. The van der Waals surface area contributed by atoms with Crippen LogP contribution < -0.4 is 4.74 Å². The lowest BCUT2D eigenvalue weighted by molar-refractivity contribution is -0.137. The lowest BCUT2D eigenvalue weighted by atomic mass is 9.91. The van der Waals surface area contributed by atoms with Crippen molar-refractivity contribution in [2.24, 2.45) is 0 Å². The van der Waals surface area contributed by atoms with Crippen LogP contribution in [0.5, 0.6) is 5.75 Å². The van der Waals surface area contributed by atoms with Gasteiger partial charge in [0.15, 0.2) is 6.61 Å². The van der Waals surface area contributed by atoms with Crippen molar-refractivity contribution in [1.82, 2.24) is 4.90 Å². The summed E-state index contributed by atoms with van der Waals surface area (Å²) in [6, 6.07) is 7.73. The molecule has 2 unspecified atom stereocenters. The Labute approximate surface area is 126 Å². The van der Waals surface area contributed by atoms with Crippen molar-refractivity contribution >= 4 is 5.91 Å². The highest BCUT2D eigenvalue weighted by Crippen LogP contribution is 2.22. The Hall–Kier alpha value is -1.55. The maximum absolute atomic E-state index is 12.2. The van der Waals surface area contributed by atoms with Crippen LogP contribution in [0.2, 0.25) is 0 Å². The summed E-state index contributed by atoms with van der Waals surface area (Å²) in [7, 11) is 1.76. The number of amides is 1. The van der Waals surface area contributed by atoms with E-state index >= 15 is 0 Å². The summed E-state index contributed by atoms with van der Waals surface area (Å²) in [5, 5.41) is 10.00. The minimum absolute atomic E-state index is 0.0190. The van der Waals surface area contributed by atoms with E-state index in [1.165, 1.54) is 5.56 Å². The van der Waals surface area contributed by atoms with Crippen LogP contribution in [0.1, 0.15) is 38.2 Å².